The van der Waals surface area contributed by atoms with Crippen molar-refractivity contribution in [1.29, 1.82) is 5.26 Å². The van der Waals surface area contributed by atoms with Crippen LogP contribution in [0, 0.1) is 11.3 Å². The van der Waals surface area contributed by atoms with Crippen LogP contribution in [0.25, 0.3) is 0 Å². The Morgan fingerprint density at radius 3 is 2.86 bits per heavy atom. The van der Waals surface area contributed by atoms with E-state index in [0.29, 0.717) is 11.5 Å². The van der Waals surface area contributed by atoms with Crippen molar-refractivity contribution in [2.24, 2.45) is 0 Å². The van der Waals surface area contributed by atoms with E-state index in [1.807, 2.05) is 0 Å². The van der Waals surface area contributed by atoms with Gasteiger partial charge in [-0.05, 0) is 19.1 Å². The van der Waals surface area contributed by atoms with Crippen molar-refractivity contribution in [2.45, 2.75) is 39.3 Å². The Morgan fingerprint density at radius 1 is 1.33 bits per heavy atom. The van der Waals surface area contributed by atoms with Crippen molar-refractivity contribution in [1.82, 2.24) is 19.7 Å². The molecule has 0 aliphatic carbocycles. The maximum atomic E-state index is 9.26. The zero-order valence-electron chi connectivity index (χ0n) is 12.5. The van der Waals surface area contributed by atoms with Crippen molar-refractivity contribution >= 4 is 5.82 Å². The van der Waals surface area contributed by atoms with Crippen LogP contribution in [-0.4, -0.2) is 26.3 Å². The first kappa shape index (κ1) is 13.6. The fourth-order valence-electron chi connectivity index (χ4n) is 2.84. The van der Waals surface area contributed by atoms with Crippen molar-refractivity contribution in [3.8, 4) is 6.07 Å². The lowest BCUT2D eigenvalue weighted by molar-refractivity contribution is 0.477. The van der Waals surface area contributed by atoms with E-state index in [1.165, 1.54) is 0 Å². The first-order chi connectivity index (χ1) is 10.1. The smallest absolute Gasteiger partial charge is 0.155 e. The van der Waals surface area contributed by atoms with Gasteiger partial charge in [0.05, 0.1) is 11.6 Å². The van der Waals surface area contributed by atoms with Crippen LogP contribution >= 0.6 is 0 Å². The molecule has 0 N–H and O–H groups in total. The van der Waals surface area contributed by atoms with Gasteiger partial charge in [0.1, 0.15) is 17.7 Å². The molecule has 1 unspecified atom stereocenters. The largest absolute Gasteiger partial charge is 0.344 e. The van der Waals surface area contributed by atoms with Gasteiger partial charge in [-0.2, -0.15) is 5.26 Å². The number of hydrogen-bond donors (Lipinski definition) is 0. The predicted molar refractivity (Wildman–Crippen MR) is 78.8 cm³/mol. The minimum absolute atomic E-state index is 0.0562. The predicted octanol–water partition coefficient (Wildman–Crippen LogP) is 2.25. The third kappa shape index (κ3) is 2.15. The van der Waals surface area contributed by atoms with Crippen LogP contribution in [-0.2, 0) is 6.54 Å². The van der Waals surface area contributed by atoms with E-state index < -0.39 is 0 Å². The van der Waals surface area contributed by atoms with Crippen molar-refractivity contribution in [2.75, 3.05) is 11.4 Å². The van der Waals surface area contributed by atoms with Crippen LogP contribution in [0.1, 0.15) is 49.9 Å². The Hall–Kier alpha value is -2.42. The van der Waals surface area contributed by atoms with Crippen molar-refractivity contribution in [3.05, 3.63) is 35.5 Å². The molecule has 0 radical (unpaired) electrons. The van der Waals surface area contributed by atoms with Crippen LogP contribution < -0.4 is 4.90 Å². The average molecular weight is 282 g/mol. The number of aromatic nitrogens is 4. The lowest BCUT2D eigenvalue weighted by atomic mass is 10.1. The van der Waals surface area contributed by atoms with E-state index in [9.17, 15) is 5.26 Å². The number of fused-ring (bicyclic) bond motifs is 1. The number of hydrogen-bond acceptors (Lipinski definition) is 5. The Balaban J connectivity index is 2.00. The molecular formula is C15H18N6. The number of pyridine rings is 1. The summed E-state index contributed by atoms with van der Waals surface area (Å²) in [5, 5.41) is 17.9. The minimum Gasteiger partial charge on any atom is -0.344 e. The minimum atomic E-state index is 0.0562. The Morgan fingerprint density at radius 2 is 2.14 bits per heavy atom. The highest BCUT2D eigenvalue weighted by Crippen LogP contribution is 2.31. The maximum Gasteiger partial charge on any atom is 0.155 e. The molecule has 0 spiro atoms. The second-order valence-electron chi connectivity index (χ2n) is 5.58. The Labute approximate surface area is 124 Å². The summed E-state index contributed by atoms with van der Waals surface area (Å²) in [6.07, 6.45) is 1.72. The zero-order valence-corrected chi connectivity index (χ0v) is 12.5. The lowest BCUT2D eigenvalue weighted by Crippen LogP contribution is -2.38. The highest BCUT2D eigenvalue weighted by atomic mass is 15.4. The highest BCUT2D eigenvalue weighted by Gasteiger charge is 2.30. The molecule has 3 heterocycles. The van der Waals surface area contributed by atoms with Crippen molar-refractivity contribution < 1.29 is 0 Å². The van der Waals surface area contributed by atoms with Gasteiger partial charge in [-0.25, -0.2) is 4.98 Å². The Bertz CT molecular complexity index is 696. The van der Waals surface area contributed by atoms with Crippen LogP contribution in [0.15, 0.2) is 18.3 Å². The van der Waals surface area contributed by atoms with Gasteiger partial charge in [0, 0.05) is 25.2 Å². The molecule has 6 nitrogen and oxygen atoms in total. The second kappa shape index (κ2) is 5.17. The van der Waals surface area contributed by atoms with E-state index in [2.05, 4.69) is 51.5 Å². The van der Waals surface area contributed by atoms with E-state index in [-0.39, 0.29) is 6.04 Å². The fraction of sp³-hybridized carbons (Fsp3) is 0.467. The fourth-order valence-corrected chi connectivity index (χ4v) is 2.84. The third-order valence-electron chi connectivity index (χ3n) is 3.91. The molecule has 2 aromatic rings. The van der Waals surface area contributed by atoms with Gasteiger partial charge < -0.3 is 9.47 Å². The molecule has 1 atom stereocenters. The summed E-state index contributed by atoms with van der Waals surface area (Å²) in [6, 6.07) is 5.86. The second-order valence-corrected chi connectivity index (χ2v) is 5.58. The molecule has 1 aliphatic rings. The molecule has 3 rings (SSSR count). The molecular weight excluding hydrogens is 264 g/mol. The standard InChI is InChI=1S/C15H18N6/c1-10(2)13-18-19-14-11(3)20(7-8-21(13)14)15-12(9-16)5-4-6-17-15/h4-6,10-11H,7-8H2,1-3H3. The summed E-state index contributed by atoms with van der Waals surface area (Å²) in [5.74, 6) is 3.06. The van der Waals surface area contributed by atoms with Crippen LogP contribution in [0.3, 0.4) is 0 Å². The quantitative estimate of drug-likeness (QED) is 0.845. The van der Waals surface area contributed by atoms with Gasteiger partial charge >= 0.3 is 0 Å². The topological polar surface area (TPSA) is 70.6 Å². The molecule has 0 amide bonds. The summed E-state index contributed by atoms with van der Waals surface area (Å²) in [6.45, 7) is 7.96. The van der Waals surface area contributed by atoms with E-state index in [0.717, 1.165) is 30.6 Å². The number of nitrogens with zero attached hydrogens (tertiary/aromatic N) is 6. The first-order valence-electron chi connectivity index (χ1n) is 7.18. The van der Waals surface area contributed by atoms with E-state index in [4.69, 9.17) is 0 Å². The summed E-state index contributed by atoms with van der Waals surface area (Å²) in [4.78, 5) is 6.52. The van der Waals surface area contributed by atoms with Crippen molar-refractivity contribution in [3.63, 3.8) is 0 Å². The van der Waals surface area contributed by atoms with Gasteiger partial charge in [0.25, 0.3) is 0 Å². The van der Waals surface area contributed by atoms with Crippen LogP contribution in [0.5, 0.6) is 0 Å². The van der Waals surface area contributed by atoms with Crippen LogP contribution in [0.2, 0.25) is 0 Å². The monoisotopic (exact) mass is 282 g/mol. The molecule has 108 valence electrons. The molecule has 21 heavy (non-hydrogen) atoms. The van der Waals surface area contributed by atoms with Gasteiger partial charge in [0.2, 0.25) is 0 Å². The summed E-state index contributed by atoms with van der Waals surface area (Å²) < 4.78 is 2.20. The number of nitriles is 1. The maximum absolute atomic E-state index is 9.26. The number of rotatable bonds is 2. The SMILES string of the molecule is CC(C)c1nnc2n1CCN(c1ncccc1C#N)C2C. The van der Waals surface area contributed by atoms with E-state index >= 15 is 0 Å². The molecule has 1 aliphatic heterocycles. The number of anilines is 1. The Kier molecular flexibility index (Phi) is 3.34. The average Bonchev–Trinajstić information content (AvgIpc) is 2.93. The molecule has 0 aromatic carbocycles. The molecule has 0 saturated heterocycles. The lowest BCUT2D eigenvalue weighted by Gasteiger charge is -2.35. The molecule has 0 bridgehead atoms. The zero-order chi connectivity index (χ0) is 15.0. The highest BCUT2D eigenvalue weighted by molar-refractivity contribution is 5.54. The van der Waals surface area contributed by atoms with Gasteiger partial charge in [-0.15, -0.1) is 10.2 Å². The van der Waals surface area contributed by atoms with Gasteiger partial charge in [-0.3, -0.25) is 0 Å². The third-order valence-corrected chi connectivity index (χ3v) is 3.91. The van der Waals surface area contributed by atoms with E-state index in [1.54, 1.807) is 18.3 Å². The molecule has 0 saturated carbocycles. The summed E-state index contributed by atoms with van der Waals surface area (Å²) in [5.41, 5.74) is 0.599. The van der Waals surface area contributed by atoms with Crippen LogP contribution in [0.4, 0.5) is 5.82 Å². The molecule has 2 aromatic heterocycles. The summed E-state index contributed by atoms with van der Waals surface area (Å²) >= 11 is 0. The first-order valence-corrected chi connectivity index (χ1v) is 7.18. The molecule has 0 fully saturated rings. The molecule has 6 heteroatoms. The van der Waals surface area contributed by atoms with Gasteiger partial charge in [-0.1, -0.05) is 13.8 Å². The summed E-state index contributed by atoms with van der Waals surface area (Å²) in [7, 11) is 0. The van der Waals surface area contributed by atoms with Gasteiger partial charge in [0.15, 0.2) is 5.82 Å². The normalized spacial score (nSPS) is 17.7.